The normalized spacial score (nSPS) is 11.4. The molecule has 9 heteroatoms. The lowest BCUT2D eigenvalue weighted by Crippen LogP contribution is -2.25. The Balaban J connectivity index is 1.66. The molecule has 0 spiro atoms. The third-order valence-corrected chi connectivity index (χ3v) is 4.63. The van der Waals surface area contributed by atoms with Crippen LogP contribution in [0.15, 0.2) is 77.2 Å². The van der Waals surface area contributed by atoms with Crippen LogP contribution in [0.25, 0.3) is 5.69 Å². The van der Waals surface area contributed by atoms with E-state index < -0.39 is 5.91 Å². The maximum atomic E-state index is 12.2. The smallest absolute Gasteiger partial charge is 0.265 e. The van der Waals surface area contributed by atoms with Crippen molar-refractivity contribution in [2.45, 2.75) is 11.7 Å². The third-order valence-electron chi connectivity index (χ3n) is 3.70. The van der Waals surface area contributed by atoms with E-state index in [4.69, 9.17) is 0 Å². The van der Waals surface area contributed by atoms with Gasteiger partial charge in [0.15, 0.2) is 5.57 Å². The van der Waals surface area contributed by atoms with Crippen LogP contribution in [0.5, 0.6) is 0 Å². The molecule has 8 nitrogen and oxygen atoms in total. The largest absolute Gasteiger partial charge is 0.510 e. The van der Waals surface area contributed by atoms with Crippen LogP contribution in [-0.4, -0.2) is 37.0 Å². The molecule has 0 aliphatic heterocycles. The minimum Gasteiger partial charge on any atom is -0.510 e. The SMILES string of the molecule is N#CC(C(=O)NCc1ccccc1)=C(O)CSc1nnnn1-c1ccccc1. The monoisotopic (exact) mass is 392 g/mol. The Morgan fingerprint density at radius 1 is 1.14 bits per heavy atom. The van der Waals surface area contributed by atoms with Crippen molar-refractivity contribution in [2.24, 2.45) is 0 Å². The summed E-state index contributed by atoms with van der Waals surface area (Å²) in [6.45, 7) is 0.261. The van der Waals surface area contributed by atoms with E-state index in [0.717, 1.165) is 23.0 Å². The molecule has 28 heavy (non-hydrogen) atoms. The molecule has 2 aromatic carbocycles. The first kappa shape index (κ1) is 19.1. The van der Waals surface area contributed by atoms with Gasteiger partial charge in [-0.15, -0.1) is 5.10 Å². The first-order chi connectivity index (χ1) is 13.7. The van der Waals surface area contributed by atoms with Gasteiger partial charge < -0.3 is 10.4 Å². The maximum Gasteiger partial charge on any atom is 0.265 e. The second-order valence-electron chi connectivity index (χ2n) is 5.60. The molecule has 0 aliphatic rings. The second-order valence-corrected chi connectivity index (χ2v) is 6.54. The topological polar surface area (TPSA) is 117 Å². The zero-order valence-electron chi connectivity index (χ0n) is 14.7. The molecule has 1 heterocycles. The zero-order chi connectivity index (χ0) is 19.8. The van der Waals surface area contributed by atoms with Gasteiger partial charge in [-0.1, -0.05) is 60.3 Å². The van der Waals surface area contributed by atoms with Crippen molar-refractivity contribution in [2.75, 3.05) is 5.75 Å². The minimum absolute atomic E-state index is 0.0190. The van der Waals surface area contributed by atoms with E-state index in [0.29, 0.717) is 5.16 Å². The summed E-state index contributed by atoms with van der Waals surface area (Å²) in [5, 5.41) is 34.0. The van der Waals surface area contributed by atoms with Crippen LogP contribution in [0.4, 0.5) is 0 Å². The minimum atomic E-state index is -0.632. The first-order valence-corrected chi connectivity index (χ1v) is 9.28. The fraction of sp³-hybridized carbons (Fsp3) is 0.105. The number of para-hydroxylation sites is 1. The lowest BCUT2D eigenvalue weighted by atomic mass is 10.2. The van der Waals surface area contributed by atoms with Gasteiger partial charge in [-0.3, -0.25) is 4.79 Å². The number of aromatic nitrogens is 4. The van der Waals surface area contributed by atoms with Crippen molar-refractivity contribution < 1.29 is 9.90 Å². The molecule has 3 aromatic rings. The fourth-order valence-electron chi connectivity index (χ4n) is 2.32. The number of nitrogens with zero attached hydrogens (tertiary/aromatic N) is 5. The van der Waals surface area contributed by atoms with Crippen LogP contribution >= 0.6 is 11.8 Å². The predicted molar refractivity (Wildman–Crippen MR) is 103 cm³/mol. The molecule has 0 saturated carbocycles. The number of carbonyl (C=O) groups excluding carboxylic acids is 1. The van der Waals surface area contributed by atoms with E-state index >= 15 is 0 Å². The van der Waals surface area contributed by atoms with Gasteiger partial charge in [-0.25, -0.2) is 0 Å². The second kappa shape index (κ2) is 9.34. The summed E-state index contributed by atoms with van der Waals surface area (Å²) in [7, 11) is 0. The van der Waals surface area contributed by atoms with Gasteiger partial charge in [0, 0.05) is 6.54 Å². The average Bonchev–Trinajstić information content (AvgIpc) is 3.21. The van der Waals surface area contributed by atoms with Gasteiger partial charge in [0.25, 0.3) is 5.91 Å². The number of hydrogen-bond acceptors (Lipinski definition) is 7. The van der Waals surface area contributed by atoms with E-state index in [-0.39, 0.29) is 23.6 Å². The highest BCUT2D eigenvalue weighted by molar-refractivity contribution is 7.99. The summed E-state index contributed by atoms with van der Waals surface area (Å²) in [6, 6.07) is 20.3. The molecule has 1 aromatic heterocycles. The quantitative estimate of drug-likeness (QED) is 0.274. The Bertz CT molecular complexity index is 1010. The highest BCUT2D eigenvalue weighted by Crippen LogP contribution is 2.20. The third kappa shape index (κ3) is 4.75. The lowest BCUT2D eigenvalue weighted by Gasteiger charge is -2.07. The van der Waals surface area contributed by atoms with Gasteiger partial charge in [-0.2, -0.15) is 9.94 Å². The number of carbonyl (C=O) groups is 1. The Hall–Kier alpha value is -3.64. The molecule has 1 amide bonds. The van der Waals surface area contributed by atoms with E-state index in [2.05, 4.69) is 20.8 Å². The van der Waals surface area contributed by atoms with Crippen molar-refractivity contribution in [1.82, 2.24) is 25.5 Å². The summed E-state index contributed by atoms with van der Waals surface area (Å²) in [5.74, 6) is -0.984. The van der Waals surface area contributed by atoms with E-state index in [9.17, 15) is 15.2 Å². The van der Waals surface area contributed by atoms with E-state index in [1.165, 1.54) is 4.68 Å². The Kier molecular flexibility index (Phi) is 6.38. The van der Waals surface area contributed by atoms with Gasteiger partial charge in [-0.05, 0) is 28.1 Å². The van der Waals surface area contributed by atoms with Crippen molar-refractivity contribution >= 4 is 17.7 Å². The summed E-state index contributed by atoms with van der Waals surface area (Å²) in [5.41, 5.74) is 1.32. The van der Waals surface area contributed by atoms with Crippen molar-refractivity contribution in [1.29, 1.82) is 5.26 Å². The van der Waals surface area contributed by atoms with E-state index in [1.807, 2.05) is 60.7 Å². The molecule has 0 saturated heterocycles. The molecular weight excluding hydrogens is 376 g/mol. The number of hydrogen-bond donors (Lipinski definition) is 2. The van der Waals surface area contributed by atoms with Gasteiger partial charge in [0.2, 0.25) is 5.16 Å². The van der Waals surface area contributed by atoms with Crippen LogP contribution in [0.3, 0.4) is 0 Å². The molecule has 0 aliphatic carbocycles. The molecular formula is C19H16N6O2S. The Morgan fingerprint density at radius 3 is 2.50 bits per heavy atom. The Labute approximate surface area is 165 Å². The summed E-state index contributed by atoms with van der Waals surface area (Å²) < 4.78 is 1.51. The fourth-order valence-corrected chi connectivity index (χ4v) is 3.09. The number of rotatable bonds is 7. The molecule has 3 rings (SSSR count). The molecule has 0 bridgehead atoms. The van der Waals surface area contributed by atoms with Gasteiger partial charge >= 0.3 is 0 Å². The van der Waals surface area contributed by atoms with Crippen LogP contribution in [0, 0.1) is 11.3 Å². The molecule has 0 fully saturated rings. The predicted octanol–water partition coefficient (Wildman–Crippen LogP) is 2.41. The number of aliphatic hydroxyl groups is 1. The number of thioether (sulfide) groups is 1. The Morgan fingerprint density at radius 2 is 1.82 bits per heavy atom. The van der Waals surface area contributed by atoms with Gasteiger partial charge in [0.05, 0.1) is 11.4 Å². The molecule has 0 radical (unpaired) electrons. The zero-order valence-corrected chi connectivity index (χ0v) is 15.5. The van der Waals surface area contributed by atoms with Gasteiger partial charge in [0.1, 0.15) is 11.8 Å². The summed E-state index contributed by atoms with van der Waals surface area (Å²) in [4.78, 5) is 12.2. The first-order valence-electron chi connectivity index (χ1n) is 8.30. The van der Waals surface area contributed by atoms with Crippen LogP contribution in [0.1, 0.15) is 5.56 Å². The van der Waals surface area contributed by atoms with E-state index in [1.54, 1.807) is 6.07 Å². The highest BCUT2D eigenvalue weighted by Gasteiger charge is 2.17. The molecule has 2 N–H and O–H groups in total. The van der Waals surface area contributed by atoms with Crippen LogP contribution in [-0.2, 0) is 11.3 Å². The molecule has 0 atom stereocenters. The van der Waals surface area contributed by atoms with Crippen molar-refractivity contribution in [3.8, 4) is 11.8 Å². The number of tetrazole rings is 1. The number of nitriles is 1. The van der Waals surface area contributed by atoms with Crippen LogP contribution < -0.4 is 5.32 Å². The number of benzene rings is 2. The number of aliphatic hydroxyl groups excluding tert-OH is 1. The summed E-state index contributed by atoms with van der Waals surface area (Å²) >= 11 is 1.12. The number of nitrogens with one attached hydrogen (secondary N) is 1. The molecule has 140 valence electrons. The molecule has 0 unspecified atom stereocenters. The highest BCUT2D eigenvalue weighted by atomic mass is 32.2. The van der Waals surface area contributed by atoms with Crippen molar-refractivity contribution in [3.63, 3.8) is 0 Å². The lowest BCUT2D eigenvalue weighted by molar-refractivity contribution is -0.117. The van der Waals surface area contributed by atoms with Crippen LogP contribution in [0.2, 0.25) is 0 Å². The standard InChI is InChI=1S/C19H16N6O2S/c20-11-16(18(27)21-12-14-7-3-1-4-8-14)17(26)13-28-19-22-23-24-25(19)15-9-5-2-6-10-15/h1-10,26H,12-13H2,(H,21,27). The van der Waals surface area contributed by atoms with Crippen molar-refractivity contribution in [3.05, 3.63) is 77.6 Å². The number of amides is 1. The maximum absolute atomic E-state index is 12.2. The average molecular weight is 392 g/mol. The summed E-state index contributed by atoms with van der Waals surface area (Å²) in [6.07, 6.45) is 0.